The Labute approximate surface area is 152 Å². The number of aryl methyl sites for hydroxylation is 1. The molecule has 0 saturated carbocycles. The van der Waals surface area contributed by atoms with Gasteiger partial charge in [0.2, 0.25) is 0 Å². The van der Waals surface area contributed by atoms with Crippen molar-refractivity contribution in [3.63, 3.8) is 0 Å². The molecule has 2 amide bonds. The Morgan fingerprint density at radius 3 is 2.54 bits per heavy atom. The molecule has 0 bridgehead atoms. The third kappa shape index (κ3) is 3.13. The Hall–Kier alpha value is -3.29. The topological polar surface area (TPSA) is 101 Å². The van der Waals surface area contributed by atoms with E-state index in [1.54, 1.807) is 48.6 Å². The fourth-order valence-electron chi connectivity index (χ4n) is 2.88. The predicted molar refractivity (Wildman–Crippen MR) is 99.5 cm³/mol. The largest absolute Gasteiger partial charge is 0.404 e. The summed E-state index contributed by atoms with van der Waals surface area (Å²) in [6.07, 6.45) is 6.48. The quantitative estimate of drug-likeness (QED) is 0.663. The van der Waals surface area contributed by atoms with Crippen LogP contribution in [0.25, 0.3) is 5.57 Å². The van der Waals surface area contributed by atoms with Gasteiger partial charge in [0, 0.05) is 57.5 Å². The molecule has 134 valence electrons. The van der Waals surface area contributed by atoms with E-state index in [2.05, 4.69) is 19.9 Å². The van der Waals surface area contributed by atoms with Crippen LogP contribution in [0.15, 0.2) is 41.9 Å². The molecule has 3 heterocycles. The number of amidine groups is 1. The summed E-state index contributed by atoms with van der Waals surface area (Å²) in [5.74, 6) is 1.13. The summed E-state index contributed by atoms with van der Waals surface area (Å²) in [4.78, 5) is 32.9. The second-order valence-electron chi connectivity index (χ2n) is 5.94. The molecule has 2 aromatic heterocycles. The Kier molecular flexibility index (Phi) is 4.92. The number of rotatable bonds is 3. The highest BCUT2D eigenvalue weighted by molar-refractivity contribution is 6.09. The summed E-state index contributed by atoms with van der Waals surface area (Å²) in [7, 11) is 3.46. The molecular weight excluding hydrogens is 330 g/mol. The van der Waals surface area contributed by atoms with Gasteiger partial charge in [-0.15, -0.1) is 0 Å². The number of likely N-dealkylation sites (N-methyl/N-ethyl adjacent to an activating group) is 1. The molecule has 8 nitrogen and oxygen atoms in total. The van der Waals surface area contributed by atoms with Gasteiger partial charge in [0.1, 0.15) is 5.84 Å². The molecule has 2 N–H and O–H groups in total. The van der Waals surface area contributed by atoms with Gasteiger partial charge in [-0.1, -0.05) is 0 Å². The molecule has 1 aliphatic rings. The summed E-state index contributed by atoms with van der Waals surface area (Å²) < 4.78 is 0. The van der Waals surface area contributed by atoms with Crippen molar-refractivity contribution in [2.24, 2.45) is 10.7 Å². The minimum atomic E-state index is -0.0608. The number of aromatic nitrogens is 3. The summed E-state index contributed by atoms with van der Waals surface area (Å²) in [6.45, 7) is 3.23. The first kappa shape index (κ1) is 17.5. The number of nitrogens with two attached hydrogens (primary N) is 1. The second kappa shape index (κ2) is 7.30. The Bertz CT molecular complexity index is 876. The number of aliphatic imine (C=N–C) groups is 1. The van der Waals surface area contributed by atoms with Crippen molar-refractivity contribution < 1.29 is 4.79 Å². The Morgan fingerprint density at radius 2 is 2.00 bits per heavy atom. The molecule has 0 unspecified atom stereocenters. The van der Waals surface area contributed by atoms with E-state index < -0.39 is 0 Å². The van der Waals surface area contributed by atoms with E-state index in [1.165, 1.54) is 6.20 Å². The maximum Gasteiger partial charge on any atom is 0.325 e. The average molecular weight is 351 g/mol. The van der Waals surface area contributed by atoms with E-state index in [0.29, 0.717) is 36.0 Å². The number of pyridine rings is 1. The van der Waals surface area contributed by atoms with E-state index in [4.69, 9.17) is 5.73 Å². The van der Waals surface area contributed by atoms with Crippen LogP contribution in [0, 0.1) is 6.92 Å². The molecule has 1 fully saturated rings. The zero-order valence-electron chi connectivity index (χ0n) is 15.0. The summed E-state index contributed by atoms with van der Waals surface area (Å²) in [5.41, 5.74) is 8.84. The van der Waals surface area contributed by atoms with Crippen LogP contribution in [0.2, 0.25) is 0 Å². The van der Waals surface area contributed by atoms with Crippen molar-refractivity contribution in [2.75, 3.05) is 27.2 Å². The van der Waals surface area contributed by atoms with Crippen LogP contribution in [0.1, 0.15) is 22.6 Å². The fourth-order valence-corrected chi connectivity index (χ4v) is 2.88. The van der Waals surface area contributed by atoms with Gasteiger partial charge in [-0.2, -0.15) is 0 Å². The monoisotopic (exact) mass is 351 g/mol. The Balaban J connectivity index is 1.96. The lowest BCUT2D eigenvalue weighted by Crippen LogP contribution is -2.36. The van der Waals surface area contributed by atoms with Crippen LogP contribution in [-0.4, -0.2) is 63.8 Å². The van der Waals surface area contributed by atoms with E-state index in [-0.39, 0.29) is 6.03 Å². The van der Waals surface area contributed by atoms with Crippen molar-refractivity contribution in [1.82, 2.24) is 24.8 Å². The molecule has 1 aliphatic heterocycles. The van der Waals surface area contributed by atoms with Gasteiger partial charge in [0.05, 0.1) is 11.3 Å². The Morgan fingerprint density at radius 1 is 1.27 bits per heavy atom. The van der Waals surface area contributed by atoms with Crippen molar-refractivity contribution in [3.05, 3.63) is 59.6 Å². The van der Waals surface area contributed by atoms with Crippen LogP contribution >= 0.6 is 0 Å². The SMILES string of the molecule is CN=C(c1cnc(/C(=C/N)c2ncccn2)cc1C)N1CCN(C)C1=O. The van der Waals surface area contributed by atoms with Gasteiger partial charge >= 0.3 is 6.03 Å². The summed E-state index contributed by atoms with van der Waals surface area (Å²) in [6, 6.07) is 3.59. The van der Waals surface area contributed by atoms with Crippen molar-refractivity contribution in [3.8, 4) is 0 Å². The first-order chi connectivity index (χ1) is 12.6. The lowest BCUT2D eigenvalue weighted by Gasteiger charge is -2.20. The van der Waals surface area contributed by atoms with Crippen molar-refractivity contribution in [2.45, 2.75) is 6.92 Å². The van der Waals surface area contributed by atoms with Crippen LogP contribution in [0.4, 0.5) is 4.79 Å². The molecule has 3 rings (SSSR count). The van der Waals surface area contributed by atoms with E-state index in [9.17, 15) is 4.79 Å². The van der Waals surface area contributed by atoms with Gasteiger partial charge < -0.3 is 10.6 Å². The maximum atomic E-state index is 12.3. The normalized spacial score (nSPS) is 15.7. The van der Waals surface area contributed by atoms with Gasteiger partial charge in [-0.3, -0.25) is 14.9 Å². The highest BCUT2D eigenvalue weighted by atomic mass is 16.2. The van der Waals surface area contributed by atoms with Crippen molar-refractivity contribution >= 4 is 17.4 Å². The van der Waals surface area contributed by atoms with E-state index >= 15 is 0 Å². The lowest BCUT2D eigenvalue weighted by atomic mass is 10.1. The first-order valence-corrected chi connectivity index (χ1v) is 8.23. The second-order valence-corrected chi connectivity index (χ2v) is 5.94. The van der Waals surface area contributed by atoms with Crippen molar-refractivity contribution in [1.29, 1.82) is 0 Å². The van der Waals surface area contributed by atoms with Crippen LogP contribution < -0.4 is 5.73 Å². The maximum absolute atomic E-state index is 12.3. The standard InChI is InChI=1S/C18H21N7O/c1-12-9-15(13(10-19)16-21-5-4-6-22-16)23-11-14(12)17(20-2)25-8-7-24(3)18(25)26/h4-6,9-11H,7-8,19H2,1-3H3/b13-10-,20-17?. The van der Waals surface area contributed by atoms with Gasteiger partial charge in [-0.05, 0) is 24.6 Å². The highest BCUT2D eigenvalue weighted by Gasteiger charge is 2.30. The lowest BCUT2D eigenvalue weighted by molar-refractivity contribution is 0.213. The first-order valence-electron chi connectivity index (χ1n) is 8.23. The van der Waals surface area contributed by atoms with Crippen LogP contribution in [0.5, 0.6) is 0 Å². The highest BCUT2D eigenvalue weighted by Crippen LogP contribution is 2.21. The number of hydrogen-bond acceptors (Lipinski definition) is 6. The molecular formula is C18H21N7O. The molecule has 0 atom stereocenters. The fraction of sp³-hybridized carbons (Fsp3) is 0.278. The minimum absolute atomic E-state index is 0.0608. The molecule has 8 heteroatoms. The van der Waals surface area contributed by atoms with Gasteiger partial charge in [0.15, 0.2) is 5.82 Å². The number of amides is 2. The molecule has 0 spiro atoms. The van der Waals surface area contributed by atoms with Gasteiger partial charge in [0.25, 0.3) is 0 Å². The van der Waals surface area contributed by atoms with Crippen LogP contribution in [-0.2, 0) is 0 Å². The summed E-state index contributed by atoms with van der Waals surface area (Å²) in [5, 5.41) is 0. The number of carbonyl (C=O) groups excluding carboxylic acids is 1. The molecule has 0 aliphatic carbocycles. The zero-order valence-corrected chi connectivity index (χ0v) is 15.0. The zero-order chi connectivity index (χ0) is 18.7. The number of hydrogen-bond donors (Lipinski definition) is 1. The molecule has 2 aromatic rings. The molecule has 26 heavy (non-hydrogen) atoms. The third-order valence-corrected chi connectivity index (χ3v) is 4.28. The van der Waals surface area contributed by atoms with Gasteiger partial charge in [-0.25, -0.2) is 14.8 Å². The smallest absolute Gasteiger partial charge is 0.325 e. The van der Waals surface area contributed by atoms with E-state index in [1.807, 2.05) is 13.0 Å². The molecule has 1 saturated heterocycles. The third-order valence-electron chi connectivity index (χ3n) is 4.28. The minimum Gasteiger partial charge on any atom is -0.404 e. The number of nitrogens with zero attached hydrogens (tertiary/aromatic N) is 6. The predicted octanol–water partition coefficient (Wildman–Crippen LogP) is 1.27. The average Bonchev–Trinajstić information content (AvgIpc) is 2.98. The molecule has 0 aromatic carbocycles. The number of urea groups is 1. The molecule has 0 radical (unpaired) electrons. The number of carbonyl (C=O) groups is 1. The summed E-state index contributed by atoms with van der Waals surface area (Å²) >= 11 is 0. The van der Waals surface area contributed by atoms with Crippen LogP contribution in [0.3, 0.4) is 0 Å². The van der Waals surface area contributed by atoms with E-state index in [0.717, 1.165) is 11.1 Å².